The molecule has 0 saturated heterocycles. The number of aromatic nitrogens is 1. The number of hydrogen-bond donors (Lipinski definition) is 2. The summed E-state index contributed by atoms with van der Waals surface area (Å²) in [5.74, 6) is -0.985. The van der Waals surface area contributed by atoms with Gasteiger partial charge in [0.05, 0.1) is 40.5 Å². The Bertz CT molecular complexity index is 2030. The summed E-state index contributed by atoms with van der Waals surface area (Å²) in [6.45, 7) is 23.0. The molecule has 9 atom stereocenters. The minimum atomic E-state index is -1.20. The normalized spacial score (nSPS) is 38.5. The fourth-order valence-electron chi connectivity index (χ4n) is 12.6. The van der Waals surface area contributed by atoms with E-state index >= 15 is 0 Å². The number of carboxylic acid groups (broad SMARTS) is 1. The Kier molecular flexibility index (Phi) is 8.74. The van der Waals surface area contributed by atoms with Gasteiger partial charge in [-0.25, -0.2) is 0 Å². The number of ketones is 1. The van der Waals surface area contributed by atoms with Gasteiger partial charge < -0.3 is 29.4 Å². The van der Waals surface area contributed by atoms with Crippen molar-refractivity contribution in [1.82, 2.24) is 4.57 Å². The largest absolute Gasteiger partial charge is 1.00 e. The number of fused-ring (bicyclic) bond motifs is 11. The number of carbonyl (C=O) groups excluding carboxylic acids is 2. The molecular formula is C43H52NO6Rb. The smallest absolute Gasteiger partial charge is 0.545 e. The number of carboxylic acids is 1. The Morgan fingerprint density at radius 2 is 1.76 bits per heavy atom. The predicted molar refractivity (Wildman–Crippen MR) is 192 cm³/mol. The second kappa shape index (κ2) is 11.8. The standard InChI is InChI=1S/C43H53NO6.Rb/c1-21(2)33-36(47)31-30-24(27-20-39(4,5)50-40(6,7)32(27)35(30)46)19-25-26-18-23-13-14-28-41(8,16-11-12-22(3)38(48)49)29(45)15-17-42(28,9)43(23,10)37(26)44(33)34(25)31;/h11-12,16,19-20,23,28-29,32-33,35,45-46H,1,13-15,17-18H2,2-10H3,(H,48,49);/q;+1/p-1/b16-11+,22-12+;. The molecule has 0 radical (unpaired) electrons. The van der Waals surface area contributed by atoms with Crippen LogP contribution >= 0.6 is 0 Å². The molecule has 1 aromatic heterocycles. The maximum Gasteiger partial charge on any atom is 1.00 e. The molecule has 2 saturated carbocycles. The Morgan fingerprint density at radius 3 is 2.41 bits per heavy atom. The van der Waals surface area contributed by atoms with Gasteiger partial charge in [-0.05, 0) is 125 Å². The molecule has 8 rings (SSSR count). The molecule has 2 aromatic rings. The van der Waals surface area contributed by atoms with E-state index in [1.54, 1.807) is 12.2 Å². The number of Topliss-reactive ketones (excluding diaryl/α,β-unsaturated/α-hetero) is 1. The molecule has 2 N–H and O–H groups in total. The number of aliphatic hydroxyl groups is 2. The number of aliphatic hydroxyl groups excluding tert-OH is 2. The van der Waals surface area contributed by atoms with Crippen LogP contribution in [-0.2, 0) is 21.4 Å². The van der Waals surface area contributed by atoms with Crippen LogP contribution in [0.25, 0.3) is 16.5 Å². The third kappa shape index (κ3) is 4.77. The first-order valence-electron chi connectivity index (χ1n) is 18.5. The SMILES string of the molecule is C=C(C)C1C(=O)c2c3c(cc4c5c(n1c24)C1(C)C(CCC2C(C)(/C=C/C=C(\C)C(=O)[O-])C(O)CCC21C)C5)C1=CC(C)(C)OC(C)(C)C1C3O.[Rb+]. The van der Waals surface area contributed by atoms with Gasteiger partial charge >= 0.3 is 58.2 Å². The van der Waals surface area contributed by atoms with Gasteiger partial charge in [0.1, 0.15) is 6.04 Å². The third-order valence-electron chi connectivity index (χ3n) is 14.7. The van der Waals surface area contributed by atoms with E-state index in [1.807, 2.05) is 26.8 Å². The molecule has 51 heavy (non-hydrogen) atoms. The van der Waals surface area contributed by atoms with Gasteiger partial charge in [-0.1, -0.05) is 51.2 Å². The second-order valence-electron chi connectivity index (χ2n) is 18.3. The van der Waals surface area contributed by atoms with Crippen LogP contribution in [-0.4, -0.2) is 43.8 Å². The monoisotopic (exact) mass is 763 g/mol. The Balaban J connectivity index is 0.00000406. The number of rotatable bonds is 4. The molecule has 4 aliphatic carbocycles. The Labute approximate surface area is 351 Å². The van der Waals surface area contributed by atoms with Gasteiger partial charge in [0.25, 0.3) is 0 Å². The van der Waals surface area contributed by atoms with E-state index in [-0.39, 0.29) is 92.2 Å². The Morgan fingerprint density at radius 1 is 1.08 bits per heavy atom. The maximum absolute atomic E-state index is 14.8. The van der Waals surface area contributed by atoms with Crippen molar-refractivity contribution in [3.8, 4) is 0 Å². The molecule has 0 amide bonds. The van der Waals surface area contributed by atoms with Crippen molar-refractivity contribution in [3.05, 3.63) is 76.0 Å². The molecule has 6 aliphatic rings. The second-order valence-corrected chi connectivity index (χ2v) is 18.3. The summed E-state index contributed by atoms with van der Waals surface area (Å²) in [4.78, 5) is 26.3. The van der Waals surface area contributed by atoms with Crippen LogP contribution in [0.15, 0.2) is 48.1 Å². The molecule has 1 aromatic carbocycles. The number of nitrogens with zero attached hydrogens (tertiary/aromatic N) is 1. The summed E-state index contributed by atoms with van der Waals surface area (Å²) in [6.07, 6.45) is 10.5. The van der Waals surface area contributed by atoms with Crippen LogP contribution in [0.5, 0.6) is 0 Å². The van der Waals surface area contributed by atoms with Gasteiger partial charge in [0.2, 0.25) is 0 Å². The zero-order chi connectivity index (χ0) is 36.2. The Hall–Kier alpha value is -1.45. The molecule has 0 bridgehead atoms. The van der Waals surface area contributed by atoms with Crippen LogP contribution in [0.4, 0.5) is 0 Å². The summed E-state index contributed by atoms with van der Waals surface area (Å²) in [5.41, 5.74) is 5.60. The maximum atomic E-state index is 14.8. The first-order valence-corrected chi connectivity index (χ1v) is 18.5. The molecular weight excluding hydrogens is 712 g/mol. The fourth-order valence-corrected chi connectivity index (χ4v) is 12.6. The number of ether oxygens (including phenoxy) is 1. The van der Waals surface area contributed by atoms with Crippen molar-refractivity contribution < 1.29 is 87.8 Å². The minimum absolute atomic E-state index is 0. The summed E-state index contributed by atoms with van der Waals surface area (Å²) in [6, 6.07) is 1.73. The van der Waals surface area contributed by atoms with E-state index in [2.05, 4.69) is 57.9 Å². The van der Waals surface area contributed by atoms with Gasteiger partial charge in [0.15, 0.2) is 5.78 Å². The first kappa shape index (κ1) is 37.8. The van der Waals surface area contributed by atoms with Crippen molar-refractivity contribution in [3.63, 3.8) is 0 Å². The summed E-state index contributed by atoms with van der Waals surface area (Å²) in [7, 11) is 0. The predicted octanol–water partition coefficient (Wildman–Crippen LogP) is 3.85. The van der Waals surface area contributed by atoms with Crippen LogP contribution in [0.1, 0.15) is 133 Å². The molecule has 9 unspecified atom stereocenters. The number of carbonyl (C=O) groups is 2. The van der Waals surface area contributed by atoms with Gasteiger partial charge in [-0.3, -0.25) is 4.79 Å². The quantitative estimate of drug-likeness (QED) is 0.278. The van der Waals surface area contributed by atoms with Crippen LogP contribution in [0.3, 0.4) is 0 Å². The molecule has 2 fully saturated rings. The molecule has 8 heteroatoms. The zero-order valence-electron chi connectivity index (χ0n) is 32.1. The molecule has 0 spiro atoms. The topological polar surface area (TPSA) is 112 Å². The van der Waals surface area contributed by atoms with E-state index in [0.29, 0.717) is 17.9 Å². The molecule has 2 aliphatic heterocycles. The van der Waals surface area contributed by atoms with E-state index in [9.17, 15) is 24.9 Å². The van der Waals surface area contributed by atoms with E-state index in [0.717, 1.165) is 58.9 Å². The first-order chi connectivity index (χ1) is 23.2. The van der Waals surface area contributed by atoms with Crippen molar-refractivity contribution in [1.29, 1.82) is 0 Å². The van der Waals surface area contributed by atoms with Crippen LogP contribution in [0, 0.1) is 28.6 Å². The van der Waals surface area contributed by atoms with Gasteiger partial charge in [-0.15, -0.1) is 0 Å². The number of allylic oxidation sites excluding steroid dienone is 3. The fraction of sp³-hybridized carbons (Fsp3) is 0.581. The average Bonchev–Trinajstić information content (AvgIpc) is 3.67. The van der Waals surface area contributed by atoms with E-state index in [4.69, 9.17) is 4.74 Å². The summed E-state index contributed by atoms with van der Waals surface area (Å²) in [5, 5.41) is 36.3. The van der Waals surface area contributed by atoms with Crippen LogP contribution < -0.4 is 63.3 Å². The molecule has 3 heterocycles. The van der Waals surface area contributed by atoms with Crippen molar-refractivity contribution >= 4 is 28.2 Å². The van der Waals surface area contributed by atoms with Crippen molar-refractivity contribution in [2.45, 2.75) is 129 Å². The summed E-state index contributed by atoms with van der Waals surface area (Å²) >= 11 is 0. The molecule has 266 valence electrons. The van der Waals surface area contributed by atoms with Crippen LogP contribution in [0.2, 0.25) is 0 Å². The van der Waals surface area contributed by atoms with Gasteiger partial charge in [0, 0.05) is 33.4 Å². The van der Waals surface area contributed by atoms with E-state index in [1.165, 1.54) is 18.2 Å². The number of aliphatic carboxylic acids is 1. The minimum Gasteiger partial charge on any atom is -0.545 e. The van der Waals surface area contributed by atoms with Crippen molar-refractivity contribution in [2.75, 3.05) is 0 Å². The van der Waals surface area contributed by atoms with Gasteiger partial charge in [-0.2, -0.15) is 0 Å². The molecule has 7 nitrogen and oxygen atoms in total. The van der Waals surface area contributed by atoms with Crippen molar-refractivity contribution in [2.24, 2.45) is 28.6 Å². The third-order valence-corrected chi connectivity index (χ3v) is 14.7. The number of benzene rings is 1. The summed E-state index contributed by atoms with van der Waals surface area (Å²) < 4.78 is 8.85. The number of hydrogen-bond acceptors (Lipinski definition) is 6. The zero-order valence-corrected chi connectivity index (χ0v) is 37.0. The van der Waals surface area contributed by atoms with E-state index < -0.39 is 40.8 Å². The average molecular weight is 764 g/mol.